The zero-order chi connectivity index (χ0) is 20.4. The molecule has 3 N–H and O–H groups in total. The lowest BCUT2D eigenvalue weighted by molar-refractivity contribution is -0.127. The minimum absolute atomic E-state index is 0.225. The molecule has 2 amide bonds. The summed E-state index contributed by atoms with van der Waals surface area (Å²) in [5.74, 6) is 0.945. The second kappa shape index (κ2) is 7.83. The maximum absolute atomic E-state index is 12.5. The van der Waals surface area contributed by atoms with Crippen LogP contribution < -0.4 is 16.0 Å². The standard InChI is InChI=1S/C21H22N4O4/c22-21(28)25-10-1-4-16(20(25)27)18-13-14-12-15(6-7-17(14)23-18)29-11-3-9-24-8-2-5-19(24)26/h1,4,6-7,10,12-13,23H,2-3,5,8-9,11H2,(H2,22,28). The number of hydrogen-bond donors (Lipinski definition) is 2. The Labute approximate surface area is 166 Å². The fourth-order valence-electron chi connectivity index (χ4n) is 3.60. The van der Waals surface area contributed by atoms with Crippen molar-refractivity contribution in [1.82, 2.24) is 14.5 Å². The number of aromatic amines is 1. The topological polar surface area (TPSA) is 110 Å². The molecule has 1 fully saturated rings. The van der Waals surface area contributed by atoms with Gasteiger partial charge in [0.1, 0.15) is 5.75 Å². The summed E-state index contributed by atoms with van der Waals surface area (Å²) in [6, 6.07) is 9.90. The summed E-state index contributed by atoms with van der Waals surface area (Å²) in [5.41, 5.74) is 6.58. The van der Waals surface area contributed by atoms with Gasteiger partial charge >= 0.3 is 6.03 Å². The van der Waals surface area contributed by atoms with Crippen LogP contribution in [-0.4, -0.2) is 46.1 Å². The smallest absolute Gasteiger partial charge is 0.325 e. The van der Waals surface area contributed by atoms with E-state index < -0.39 is 11.6 Å². The molecule has 2 aromatic heterocycles. The molecule has 1 aromatic carbocycles. The molecule has 29 heavy (non-hydrogen) atoms. The second-order valence-corrected chi connectivity index (χ2v) is 7.05. The summed E-state index contributed by atoms with van der Waals surface area (Å²) in [7, 11) is 0. The van der Waals surface area contributed by atoms with Gasteiger partial charge in [0.25, 0.3) is 5.56 Å². The molecule has 4 rings (SSSR count). The number of carbonyl (C=O) groups is 2. The van der Waals surface area contributed by atoms with Gasteiger partial charge in [-0.05, 0) is 49.2 Å². The van der Waals surface area contributed by atoms with Crippen LogP contribution in [0.25, 0.3) is 22.2 Å². The van der Waals surface area contributed by atoms with E-state index in [-0.39, 0.29) is 5.91 Å². The number of nitrogens with one attached hydrogen (secondary N) is 1. The number of amides is 2. The Kier molecular flexibility index (Phi) is 5.07. The summed E-state index contributed by atoms with van der Waals surface area (Å²) < 4.78 is 6.70. The first kappa shape index (κ1) is 18.8. The van der Waals surface area contributed by atoms with Crippen molar-refractivity contribution < 1.29 is 14.3 Å². The first-order valence-corrected chi connectivity index (χ1v) is 9.58. The predicted molar refractivity (Wildman–Crippen MR) is 109 cm³/mol. The second-order valence-electron chi connectivity index (χ2n) is 7.05. The quantitative estimate of drug-likeness (QED) is 0.625. The lowest BCUT2D eigenvalue weighted by Crippen LogP contribution is -2.31. The van der Waals surface area contributed by atoms with Crippen molar-refractivity contribution in [2.45, 2.75) is 19.3 Å². The largest absolute Gasteiger partial charge is 0.494 e. The predicted octanol–water partition coefficient (Wildman–Crippen LogP) is 2.31. The van der Waals surface area contributed by atoms with E-state index in [1.165, 1.54) is 6.20 Å². The maximum Gasteiger partial charge on any atom is 0.325 e. The third kappa shape index (κ3) is 3.87. The highest BCUT2D eigenvalue weighted by atomic mass is 16.5. The summed E-state index contributed by atoms with van der Waals surface area (Å²) in [6.07, 6.45) is 3.72. The number of fused-ring (bicyclic) bond motifs is 1. The molecule has 0 unspecified atom stereocenters. The zero-order valence-corrected chi connectivity index (χ0v) is 15.9. The molecule has 3 heterocycles. The highest BCUT2D eigenvalue weighted by Gasteiger charge is 2.19. The number of ether oxygens (including phenoxy) is 1. The Hall–Kier alpha value is -3.55. The number of pyridine rings is 1. The fraction of sp³-hybridized carbons (Fsp3) is 0.286. The average Bonchev–Trinajstić information content (AvgIpc) is 3.30. The van der Waals surface area contributed by atoms with Crippen LogP contribution in [0.1, 0.15) is 19.3 Å². The van der Waals surface area contributed by atoms with Gasteiger partial charge in [0.15, 0.2) is 0 Å². The number of nitrogens with zero attached hydrogens (tertiary/aromatic N) is 2. The van der Waals surface area contributed by atoms with Gasteiger partial charge in [0.05, 0.1) is 17.9 Å². The van der Waals surface area contributed by atoms with E-state index in [4.69, 9.17) is 10.5 Å². The van der Waals surface area contributed by atoms with Crippen LogP contribution in [0, 0.1) is 0 Å². The third-order valence-corrected chi connectivity index (χ3v) is 5.08. The van der Waals surface area contributed by atoms with Gasteiger partial charge in [0, 0.05) is 36.6 Å². The minimum atomic E-state index is -0.820. The van der Waals surface area contributed by atoms with Gasteiger partial charge in [-0.25, -0.2) is 9.36 Å². The summed E-state index contributed by atoms with van der Waals surface area (Å²) in [4.78, 5) is 40.5. The van der Waals surface area contributed by atoms with Crippen molar-refractivity contribution in [3.05, 3.63) is 52.9 Å². The molecular weight excluding hydrogens is 372 g/mol. The van der Waals surface area contributed by atoms with Crippen molar-refractivity contribution in [3.63, 3.8) is 0 Å². The monoisotopic (exact) mass is 394 g/mol. The van der Waals surface area contributed by atoms with E-state index in [9.17, 15) is 14.4 Å². The van der Waals surface area contributed by atoms with E-state index in [1.54, 1.807) is 12.1 Å². The van der Waals surface area contributed by atoms with Gasteiger partial charge in [-0.2, -0.15) is 0 Å². The van der Waals surface area contributed by atoms with Gasteiger partial charge in [-0.1, -0.05) is 0 Å². The molecule has 0 aliphatic carbocycles. The van der Waals surface area contributed by atoms with Crippen LogP contribution in [0.5, 0.6) is 5.75 Å². The first-order chi connectivity index (χ1) is 14.0. The number of H-pyrrole nitrogens is 1. The van der Waals surface area contributed by atoms with Gasteiger partial charge < -0.3 is 20.4 Å². The molecular formula is C21H22N4O4. The van der Waals surface area contributed by atoms with Crippen molar-refractivity contribution in [3.8, 4) is 17.0 Å². The van der Waals surface area contributed by atoms with Crippen LogP contribution >= 0.6 is 0 Å². The highest BCUT2D eigenvalue weighted by molar-refractivity contribution is 5.87. The van der Waals surface area contributed by atoms with Crippen LogP contribution in [-0.2, 0) is 4.79 Å². The lowest BCUT2D eigenvalue weighted by atomic mass is 10.2. The molecule has 1 aliphatic rings. The van der Waals surface area contributed by atoms with Gasteiger partial charge in [-0.3, -0.25) is 9.59 Å². The van der Waals surface area contributed by atoms with Crippen LogP contribution in [0.15, 0.2) is 47.4 Å². The molecule has 8 heteroatoms. The third-order valence-electron chi connectivity index (χ3n) is 5.08. The zero-order valence-electron chi connectivity index (χ0n) is 15.9. The molecule has 1 aliphatic heterocycles. The summed E-state index contributed by atoms with van der Waals surface area (Å²) in [6.45, 7) is 2.08. The molecule has 150 valence electrons. The number of aromatic nitrogens is 2. The number of primary amides is 1. The fourth-order valence-corrected chi connectivity index (χ4v) is 3.60. The molecule has 0 saturated carbocycles. The number of hydrogen-bond acceptors (Lipinski definition) is 4. The molecule has 1 saturated heterocycles. The van der Waals surface area contributed by atoms with Crippen LogP contribution in [0.3, 0.4) is 0 Å². The Morgan fingerprint density at radius 2 is 2.07 bits per heavy atom. The normalized spacial score (nSPS) is 13.9. The van der Waals surface area contributed by atoms with Crippen molar-refractivity contribution in [2.24, 2.45) is 5.73 Å². The molecule has 0 atom stereocenters. The van der Waals surface area contributed by atoms with E-state index in [0.717, 1.165) is 47.2 Å². The van der Waals surface area contributed by atoms with Gasteiger partial charge in [0.2, 0.25) is 5.91 Å². The molecule has 0 radical (unpaired) electrons. The Bertz CT molecular complexity index is 1130. The number of likely N-dealkylation sites (tertiary alicyclic amines) is 1. The van der Waals surface area contributed by atoms with Crippen molar-refractivity contribution in [2.75, 3.05) is 19.7 Å². The highest BCUT2D eigenvalue weighted by Crippen LogP contribution is 2.25. The molecule has 0 bridgehead atoms. The average molecular weight is 394 g/mol. The van der Waals surface area contributed by atoms with E-state index in [1.807, 2.05) is 29.2 Å². The molecule has 3 aromatic rings. The van der Waals surface area contributed by atoms with Crippen molar-refractivity contribution in [1.29, 1.82) is 0 Å². The van der Waals surface area contributed by atoms with E-state index >= 15 is 0 Å². The van der Waals surface area contributed by atoms with Crippen LogP contribution in [0.2, 0.25) is 0 Å². The number of nitrogens with two attached hydrogens (primary N) is 1. The Balaban J connectivity index is 1.47. The minimum Gasteiger partial charge on any atom is -0.494 e. The number of rotatable bonds is 6. The summed E-state index contributed by atoms with van der Waals surface area (Å²) >= 11 is 0. The van der Waals surface area contributed by atoms with Crippen LogP contribution in [0.4, 0.5) is 4.79 Å². The molecule has 8 nitrogen and oxygen atoms in total. The first-order valence-electron chi connectivity index (χ1n) is 9.58. The van der Waals surface area contributed by atoms with Gasteiger partial charge in [-0.15, -0.1) is 0 Å². The maximum atomic E-state index is 12.5. The molecule has 0 spiro atoms. The van der Waals surface area contributed by atoms with E-state index in [2.05, 4.69) is 4.98 Å². The van der Waals surface area contributed by atoms with Crippen molar-refractivity contribution >= 4 is 22.8 Å². The lowest BCUT2D eigenvalue weighted by Gasteiger charge is -2.15. The number of benzene rings is 1. The number of carbonyl (C=O) groups excluding carboxylic acids is 2. The SMILES string of the molecule is NC(=O)n1cccc(-c2cc3cc(OCCCN4CCCC4=O)ccc3[nH]2)c1=O. The Morgan fingerprint density at radius 3 is 2.83 bits per heavy atom. The Morgan fingerprint density at radius 1 is 1.21 bits per heavy atom. The van der Waals surface area contributed by atoms with E-state index in [0.29, 0.717) is 24.3 Å². The summed E-state index contributed by atoms with van der Waals surface area (Å²) in [5, 5.41) is 0.890.